The number of fused-ring (bicyclic) bond motifs is 1. The monoisotopic (exact) mass is 209 g/mol. The van der Waals surface area contributed by atoms with Crippen LogP contribution in [0.1, 0.15) is 5.56 Å². The maximum Gasteiger partial charge on any atom is 0.287 e. The van der Waals surface area contributed by atoms with Crippen LogP contribution in [-0.2, 0) is 0 Å². The number of hydrogen-bond acceptors (Lipinski definition) is 4. The zero-order chi connectivity index (χ0) is 10.3. The van der Waals surface area contributed by atoms with Crippen molar-refractivity contribution in [3.63, 3.8) is 0 Å². The fraction of sp³-hybridized carbons (Fsp3) is 0.111. The molecule has 0 aliphatic rings. The molecule has 1 N–H and O–H groups in total. The van der Waals surface area contributed by atoms with Crippen molar-refractivity contribution < 1.29 is 10.0 Å². The molecule has 0 bridgehead atoms. The van der Waals surface area contributed by atoms with E-state index < -0.39 is 4.92 Å². The number of benzene rings is 1. The van der Waals surface area contributed by atoms with Crippen LogP contribution in [0.3, 0.4) is 0 Å². The van der Waals surface area contributed by atoms with E-state index in [1.807, 2.05) is 0 Å². The van der Waals surface area contributed by atoms with Gasteiger partial charge in [-0.15, -0.1) is 11.3 Å². The highest BCUT2D eigenvalue weighted by Gasteiger charge is 2.16. The number of nitro groups is 1. The SMILES string of the molecule is Cc1cc(O)c2scc([N+](=O)[O-])c2c1. The summed E-state index contributed by atoms with van der Waals surface area (Å²) in [6.07, 6.45) is 0. The van der Waals surface area contributed by atoms with Gasteiger partial charge in [-0.2, -0.15) is 0 Å². The maximum atomic E-state index is 10.6. The van der Waals surface area contributed by atoms with Crippen molar-refractivity contribution in [3.05, 3.63) is 33.2 Å². The largest absolute Gasteiger partial charge is 0.506 e. The molecule has 0 saturated heterocycles. The molecule has 0 radical (unpaired) electrons. The molecule has 0 aliphatic heterocycles. The molecule has 1 aromatic heterocycles. The zero-order valence-electron chi connectivity index (χ0n) is 7.35. The lowest BCUT2D eigenvalue weighted by Crippen LogP contribution is -1.85. The minimum Gasteiger partial charge on any atom is -0.506 e. The number of nitrogens with zero attached hydrogens (tertiary/aromatic N) is 1. The van der Waals surface area contributed by atoms with Crippen molar-refractivity contribution >= 4 is 27.1 Å². The molecule has 2 aromatic rings. The molecule has 2 rings (SSSR count). The van der Waals surface area contributed by atoms with Gasteiger partial charge in [0.1, 0.15) is 5.75 Å². The van der Waals surface area contributed by atoms with Gasteiger partial charge in [0.25, 0.3) is 5.69 Å². The standard InChI is InChI=1S/C9H7NO3S/c1-5-2-6-7(10(12)13)4-14-9(6)8(11)3-5/h2-4,11H,1H3. The summed E-state index contributed by atoms with van der Waals surface area (Å²) in [4.78, 5) is 10.2. The Morgan fingerprint density at radius 2 is 2.21 bits per heavy atom. The second-order valence-corrected chi connectivity index (χ2v) is 3.92. The quantitative estimate of drug-likeness (QED) is 0.580. The molecule has 72 valence electrons. The highest BCUT2D eigenvalue weighted by atomic mass is 32.1. The molecule has 0 amide bonds. The Morgan fingerprint density at radius 3 is 2.86 bits per heavy atom. The minimum absolute atomic E-state index is 0.0593. The Bertz CT molecular complexity index is 518. The van der Waals surface area contributed by atoms with Crippen LogP contribution in [0, 0.1) is 17.0 Å². The number of aryl methyl sites for hydroxylation is 1. The van der Waals surface area contributed by atoms with Crippen LogP contribution in [0.15, 0.2) is 17.5 Å². The van der Waals surface area contributed by atoms with E-state index in [1.165, 1.54) is 16.7 Å². The molecule has 4 nitrogen and oxygen atoms in total. The van der Waals surface area contributed by atoms with Crippen LogP contribution in [0.2, 0.25) is 0 Å². The average molecular weight is 209 g/mol. The van der Waals surface area contributed by atoms with E-state index in [-0.39, 0.29) is 11.4 Å². The normalized spacial score (nSPS) is 10.6. The third-order valence-electron chi connectivity index (χ3n) is 1.97. The molecule has 1 heterocycles. The number of aromatic hydroxyl groups is 1. The fourth-order valence-corrected chi connectivity index (χ4v) is 2.30. The van der Waals surface area contributed by atoms with E-state index in [1.54, 1.807) is 19.1 Å². The summed E-state index contributed by atoms with van der Waals surface area (Å²) < 4.78 is 0.572. The van der Waals surface area contributed by atoms with Crippen LogP contribution < -0.4 is 0 Å². The summed E-state index contributed by atoms with van der Waals surface area (Å²) in [7, 11) is 0. The minimum atomic E-state index is -0.433. The van der Waals surface area contributed by atoms with Crippen molar-refractivity contribution in [2.24, 2.45) is 0 Å². The van der Waals surface area contributed by atoms with Crippen LogP contribution >= 0.6 is 11.3 Å². The Hall–Kier alpha value is -1.62. The highest BCUT2D eigenvalue weighted by molar-refractivity contribution is 7.18. The molecule has 0 saturated carbocycles. The first-order valence-corrected chi connectivity index (χ1v) is 4.83. The van der Waals surface area contributed by atoms with E-state index in [4.69, 9.17) is 0 Å². The van der Waals surface area contributed by atoms with Gasteiger partial charge in [0, 0.05) is 0 Å². The molecule has 0 spiro atoms. The van der Waals surface area contributed by atoms with Gasteiger partial charge in [0.05, 0.1) is 20.4 Å². The molecule has 0 unspecified atom stereocenters. The fourth-order valence-electron chi connectivity index (χ4n) is 1.39. The number of phenols is 1. The smallest absolute Gasteiger partial charge is 0.287 e. The third kappa shape index (κ3) is 1.22. The predicted molar refractivity (Wildman–Crippen MR) is 54.9 cm³/mol. The van der Waals surface area contributed by atoms with Gasteiger partial charge < -0.3 is 5.11 Å². The topological polar surface area (TPSA) is 63.4 Å². The Balaban J connectivity index is 2.85. The number of hydrogen-bond donors (Lipinski definition) is 1. The predicted octanol–water partition coefficient (Wildman–Crippen LogP) is 2.82. The molecule has 0 fully saturated rings. The van der Waals surface area contributed by atoms with Crippen molar-refractivity contribution in [3.8, 4) is 5.75 Å². The Kier molecular flexibility index (Phi) is 1.89. The van der Waals surface area contributed by atoms with Crippen molar-refractivity contribution in [2.45, 2.75) is 6.92 Å². The lowest BCUT2D eigenvalue weighted by molar-refractivity contribution is -0.382. The molecule has 5 heteroatoms. The number of thiophene rings is 1. The molecular weight excluding hydrogens is 202 g/mol. The lowest BCUT2D eigenvalue weighted by Gasteiger charge is -1.96. The highest BCUT2D eigenvalue weighted by Crippen LogP contribution is 2.38. The van der Waals surface area contributed by atoms with Gasteiger partial charge in [-0.25, -0.2) is 0 Å². The van der Waals surface area contributed by atoms with Gasteiger partial charge in [-0.1, -0.05) is 0 Å². The van der Waals surface area contributed by atoms with Crippen LogP contribution in [0.4, 0.5) is 5.69 Å². The van der Waals surface area contributed by atoms with Crippen molar-refractivity contribution in [1.29, 1.82) is 0 Å². The number of rotatable bonds is 1. The van der Waals surface area contributed by atoms with Crippen molar-refractivity contribution in [2.75, 3.05) is 0 Å². The van der Waals surface area contributed by atoms with Gasteiger partial charge in [-0.3, -0.25) is 10.1 Å². The number of phenolic OH excluding ortho intramolecular Hbond substituents is 1. The van der Waals surface area contributed by atoms with Gasteiger partial charge in [0.2, 0.25) is 0 Å². The first-order valence-electron chi connectivity index (χ1n) is 3.95. The summed E-state index contributed by atoms with van der Waals surface area (Å²) >= 11 is 1.19. The summed E-state index contributed by atoms with van der Waals surface area (Å²) in [6.45, 7) is 1.79. The van der Waals surface area contributed by atoms with Crippen LogP contribution in [0.25, 0.3) is 10.1 Å². The van der Waals surface area contributed by atoms with E-state index in [0.29, 0.717) is 10.1 Å². The van der Waals surface area contributed by atoms with E-state index >= 15 is 0 Å². The van der Waals surface area contributed by atoms with Crippen LogP contribution in [-0.4, -0.2) is 10.0 Å². The summed E-state index contributed by atoms with van der Waals surface area (Å²) in [5, 5.41) is 22.1. The molecule has 0 atom stereocenters. The lowest BCUT2D eigenvalue weighted by atomic mass is 10.1. The van der Waals surface area contributed by atoms with Crippen LogP contribution in [0.5, 0.6) is 5.75 Å². The van der Waals surface area contributed by atoms with Crippen molar-refractivity contribution in [1.82, 2.24) is 0 Å². The third-order valence-corrected chi connectivity index (χ3v) is 2.98. The first kappa shape index (κ1) is 8.96. The van der Waals surface area contributed by atoms with Gasteiger partial charge in [-0.05, 0) is 24.6 Å². The van der Waals surface area contributed by atoms with E-state index in [0.717, 1.165) is 5.56 Å². The average Bonchev–Trinajstić information content (AvgIpc) is 2.47. The molecule has 0 aliphatic carbocycles. The summed E-state index contributed by atoms with van der Waals surface area (Å²) in [6, 6.07) is 3.31. The van der Waals surface area contributed by atoms with E-state index in [2.05, 4.69) is 0 Å². The Morgan fingerprint density at radius 1 is 1.50 bits per heavy atom. The second-order valence-electron chi connectivity index (χ2n) is 3.04. The maximum absolute atomic E-state index is 10.6. The first-order chi connectivity index (χ1) is 6.59. The van der Waals surface area contributed by atoms with E-state index in [9.17, 15) is 15.2 Å². The van der Waals surface area contributed by atoms with Gasteiger partial charge in [0.15, 0.2) is 0 Å². The summed E-state index contributed by atoms with van der Waals surface area (Å²) in [5.41, 5.74) is 0.875. The molecule has 1 aromatic carbocycles. The molecular formula is C9H7NO3S. The Labute approximate surface area is 83.6 Å². The van der Waals surface area contributed by atoms with Gasteiger partial charge >= 0.3 is 0 Å². The zero-order valence-corrected chi connectivity index (χ0v) is 8.17. The molecule has 14 heavy (non-hydrogen) atoms. The summed E-state index contributed by atoms with van der Waals surface area (Å²) in [5.74, 6) is 0.109. The second kappa shape index (κ2) is 2.95.